The highest BCUT2D eigenvalue weighted by atomic mass is 15.1. The highest BCUT2D eigenvalue weighted by Gasteiger charge is 2.21. The molecule has 0 aliphatic heterocycles. The van der Waals surface area contributed by atoms with Gasteiger partial charge in [-0.2, -0.15) is 0 Å². The molecule has 2 aromatic rings. The molecule has 1 heterocycles. The topological polar surface area (TPSA) is 16.1 Å². The number of hydrogen-bond acceptors (Lipinski definition) is 2. The molecule has 0 atom stereocenters. The van der Waals surface area contributed by atoms with Gasteiger partial charge in [0.2, 0.25) is 0 Å². The van der Waals surface area contributed by atoms with Crippen molar-refractivity contribution in [2.45, 2.75) is 86.5 Å². The fourth-order valence-corrected chi connectivity index (χ4v) is 4.35. The quantitative estimate of drug-likeness (QED) is 0.303. The van der Waals surface area contributed by atoms with Crippen molar-refractivity contribution >= 4 is 5.69 Å². The number of anilines is 1. The van der Waals surface area contributed by atoms with Gasteiger partial charge in [0.25, 0.3) is 0 Å². The molecule has 0 radical (unpaired) electrons. The predicted molar refractivity (Wildman–Crippen MR) is 165 cm³/mol. The molecule has 2 heteroatoms. The van der Waals surface area contributed by atoms with Gasteiger partial charge in [0, 0.05) is 42.7 Å². The maximum Gasteiger partial charge on any atom is 0.0444 e. The lowest BCUT2D eigenvalue weighted by Crippen LogP contribution is -2.25. The van der Waals surface area contributed by atoms with Crippen LogP contribution < -0.4 is 4.90 Å². The van der Waals surface area contributed by atoms with Crippen molar-refractivity contribution in [3.8, 4) is 11.1 Å². The van der Waals surface area contributed by atoms with Crippen molar-refractivity contribution in [1.82, 2.24) is 4.98 Å². The first-order valence-electron chi connectivity index (χ1n) is 14.5. The van der Waals surface area contributed by atoms with E-state index in [4.69, 9.17) is 0 Å². The normalized spacial score (nSPS) is 14.2. The summed E-state index contributed by atoms with van der Waals surface area (Å²) >= 11 is 0. The van der Waals surface area contributed by atoms with Crippen molar-refractivity contribution in [3.63, 3.8) is 0 Å². The molecule has 0 spiro atoms. The monoisotopic (exact) mass is 498 g/mol. The van der Waals surface area contributed by atoms with Crippen LogP contribution in [0, 0.1) is 5.92 Å². The van der Waals surface area contributed by atoms with Crippen LogP contribution in [-0.2, 0) is 6.42 Å². The van der Waals surface area contributed by atoms with Gasteiger partial charge in [-0.1, -0.05) is 101 Å². The van der Waals surface area contributed by atoms with E-state index in [1.54, 1.807) is 0 Å². The zero-order valence-corrected chi connectivity index (χ0v) is 24.4. The summed E-state index contributed by atoms with van der Waals surface area (Å²) in [6.45, 7) is 18.9. The number of aromatic nitrogens is 1. The molecule has 0 N–H and O–H groups in total. The summed E-state index contributed by atoms with van der Waals surface area (Å²) in [6, 6.07) is 13.3. The van der Waals surface area contributed by atoms with Gasteiger partial charge >= 0.3 is 0 Å². The molecule has 1 fully saturated rings. The van der Waals surface area contributed by atoms with Gasteiger partial charge in [0.1, 0.15) is 0 Å². The molecule has 1 saturated carbocycles. The van der Waals surface area contributed by atoms with E-state index in [0.717, 1.165) is 43.0 Å². The summed E-state index contributed by atoms with van der Waals surface area (Å²) in [6.07, 6.45) is 19.4. The number of nitrogens with zero attached hydrogens (tertiary/aromatic N) is 2. The van der Waals surface area contributed by atoms with Crippen LogP contribution in [0.15, 0.2) is 90.2 Å². The summed E-state index contributed by atoms with van der Waals surface area (Å²) in [5.74, 6) is 0.988. The molecule has 0 unspecified atom stereocenters. The minimum Gasteiger partial charge on any atom is -0.372 e. The maximum atomic E-state index is 4.57. The van der Waals surface area contributed by atoms with E-state index in [2.05, 4.69) is 97.9 Å². The Kier molecular flexibility index (Phi) is 13.8. The molecule has 0 saturated heterocycles. The molecular formula is C35H50N2. The lowest BCUT2D eigenvalue weighted by atomic mass is 10.1. The van der Waals surface area contributed by atoms with Gasteiger partial charge in [-0.15, -0.1) is 0 Å². The maximum absolute atomic E-state index is 4.57. The van der Waals surface area contributed by atoms with E-state index in [1.807, 2.05) is 27.0 Å². The molecule has 37 heavy (non-hydrogen) atoms. The smallest absolute Gasteiger partial charge is 0.0444 e. The average Bonchev–Trinajstić information content (AvgIpc) is 3.76. The van der Waals surface area contributed by atoms with Gasteiger partial charge in [-0.05, 0) is 74.8 Å². The molecule has 2 aliphatic rings. The SMILES string of the molecule is C=C(C)Cc1ccc(-c2ccc(N(CCC)CCC3CC3)cc2)cn1.CC.CCC1=CC(C)=CCC=C1. The fourth-order valence-electron chi connectivity index (χ4n) is 4.35. The highest BCUT2D eigenvalue weighted by Crippen LogP contribution is 2.33. The Bertz CT molecular complexity index is 1020. The predicted octanol–water partition coefficient (Wildman–Crippen LogP) is 10.1. The third-order valence-corrected chi connectivity index (χ3v) is 6.60. The van der Waals surface area contributed by atoms with Gasteiger partial charge < -0.3 is 4.90 Å². The molecule has 2 nitrogen and oxygen atoms in total. The first kappa shape index (κ1) is 30.4. The van der Waals surface area contributed by atoms with Crippen LogP contribution in [0.5, 0.6) is 0 Å². The highest BCUT2D eigenvalue weighted by molar-refractivity contribution is 5.65. The van der Waals surface area contributed by atoms with Crippen LogP contribution >= 0.6 is 0 Å². The molecule has 200 valence electrons. The van der Waals surface area contributed by atoms with Crippen LogP contribution in [0.2, 0.25) is 0 Å². The van der Waals surface area contributed by atoms with Crippen molar-refractivity contribution < 1.29 is 0 Å². The second kappa shape index (κ2) is 16.8. The van der Waals surface area contributed by atoms with Crippen molar-refractivity contribution in [1.29, 1.82) is 0 Å². The van der Waals surface area contributed by atoms with E-state index in [-0.39, 0.29) is 0 Å². The largest absolute Gasteiger partial charge is 0.372 e. The number of allylic oxidation sites excluding steroid dienone is 7. The number of rotatable bonds is 10. The van der Waals surface area contributed by atoms with Crippen molar-refractivity contribution in [2.75, 3.05) is 18.0 Å². The zero-order valence-electron chi connectivity index (χ0n) is 24.4. The Balaban J connectivity index is 0.000000336. The first-order chi connectivity index (χ1) is 18.0. The van der Waals surface area contributed by atoms with E-state index in [1.165, 1.54) is 60.2 Å². The Morgan fingerprint density at radius 3 is 2.27 bits per heavy atom. The van der Waals surface area contributed by atoms with Gasteiger partial charge in [-0.25, -0.2) is 0 Å². The van der Waals surface area contributed by atoms with Gasteiger partial charge in [0.15, 0.2) is 0 Å². The van der Waals surface area contributed by atoms with E-state index in [0.29, 0.717) is 0 Å². The molecule has 4 rings (SSSR count). The first-order valence-corrected chi connectivity index (χ1v) is 14.5. The van der Waals surface area contributed by atoms with Crippen LogP contribution in [0.4, 0.5) is 5.69 Å². The summed E-state index contributed by atoms with van der Waals surface area (Å²) in [5.41, 5.74) is 8.81. The minimum absolute atomic E-state index is 0.853. The number of pyridine rings is 1. The molecule has 1 aromatic carbocycles. The standard InChI is InChI=1S/C23H30N2.C10H14.C2H6/c1-4-14-25(15-13-19-5-6-19)23-11-8-20(9-12-23)21-7-10-22(24-17-21)16-18(2)3;1-3-10-7-5-4-6-9(2)8-10;1-2/h7-12,17,19H,2,4-6,13-16H2,1,3H3;5-8H,3-4H2,1-2H3;1-2H3. The molecule has 0 amide bonds. The van der Waals surface area contributed by atoms with Crippen molar-refractivity contribution in [2.24, 2.45) is 5.92 Å². The Hall–Kier alpha value is -2.87. The second-order valence-corrected chi connectivity index (χ2v) is 10.1. The van der Waals surface area contributed by atoms with Crippen LogP contribution in [0.1, 0.15) is 85.8 Å². The Labute approximate surface area is 227 Å². The van der Waals surface area contributed by atoms with Crippen LogP contribution in [-0.4, -0.2) is 18.1 Å². The van der Waals surface area contributed by atoms with Crippen LogP contribution in [0.25, 0.3) is 11.1 Å². The molecule has 1 aromatic heterocycles. The summed E-state index contributed by atoms with van der Waals surface area (Å²) in [5, 5.41) is 0. The Morgan fingerprint density at radius 2 is 1.70 bits per heavy atom. The lowest BCUT2D eigenvalue weighted by molar-refractivity contribution is 0.668. The van der Waals surface area contributed by atoms with Gasteiger partial charge in [-0.3, -0.25) is 4.98 Å². The average molecular weight is 499 g/mol. The molecular weight excluding hydrogens is 448 g/mol. The molecule has 0 bridgehead atoms. The zero-order chi connectivity index (χ0) is 27.0. The minimum atomic E-state index is 0.853. The summed E-state index contributed by atoms with van der Waals surface area (Å²) < 4.78 is 0. The second-order valence-electron chi connectivity index (χ2n) is 10.1. The van der Waals surface area contributed by atoms with E-state index < -0.39 is 0 Å². The van der Waals surface area contributed by atoms with Crippen molar-refractivity contribution in [3.05, 3.63) is 95.9 Å². The summed E-state index contributed by atoms with van der Waals surface area (Å²) in [4.78, 5) is 7.10. The number of hydrogen-bond donors (Lipinski definition) is 0. The van der Waals surface area contributed by atoms with Gasteiger partial charge in [0.05, 0.1) is 0 Å². The summed E-state index contributed by atoms with van der Waals surface area (Å²) in [7, 11) is 0. The number of benzene rings is 1. The third-order valence-electron chi connectivity index (χ3n) is 6.60. The third kappa shape index (κ3) is 11.4. The lowest BCUT2D eigenvalue weighted by Gasteiger charge is -2.24. The molecule has 2 aliphatic carbocycles. The van der Waals surface area contributed by atoms with Crippen LogP contribution in [0.3, 0.4) is 0 Å². The Morgan fingerprint density at radius 1 is 1.00 bits per heavy atom. The van der Waals surface area contributed by atoms with E-state index in [9.17, 15) is 0 Å². The van der Waals surface area contributed by atoms with E-state index >= 15 is 0 Å². The fraction of sp³-hybridized carbons (Fsp3) is 0.457.